The Bertz CT molecular complexity index is 1540. The van der Waals surface area contributed by atoms with E-state index in [1.165, 1.54) is 4.88 Å². The molecule has 1 heterocycles. The number of aliphatic imine (C=N–C) groups is 1. The number of hydrogen-bond donors (Lipinski definition) is 1. The quantitative estimate of drug-likeness (QED) is 0.218. The van der Waals surface area contributed by atoms with Crippen molar-refractivity contribution in [3.8, 4) is 5.75 Å². The number of ether oxygens (including phenoxy) is 1. The number of carbonyl (C=O) groups excluding carboxylic acids is 1. The summed E-state index contributed by atoms with van der Waals surface area (Å²) in [5.41, 5.74) is 4.53. The predicted molar refractivity (Wildman–Crippen MR) is 168 cm³/mol. The Kier molecular flexibility index (Phi) is 8.65. The molecule has 0 spiro atoms. The summed E-state index contributed by atoms with van der Waals surface area (Å²) in [6, 6.07) is 22.6. The molecule has 0 saturated carbocycles. The van der Waals surface area contributed by atoms with Crippen molar-refractivity contribution in [2.45, 2.75) is 46.6 Å². The van der Waals surface area contributed by atoms with Crippen LogP contribution in [-0.2, 0) is 19.4 Å². The molecule has 1 amide bonds. The number of carbonyl (C=O) groups is 1. The minimum absolute atomic E-state index is 0.141. The van der Waals surface area contributed by atoms with Gasteiger partial charge >= 0.3 is 0 Å². The van der Waals surface area contributed by atoms with E-state index in [1.54, 1.807) is 29.7 Å². The molecule has 4 aromatic rings. The number of amides is 1. The zero-order chi connectivity index (χ0) is 28.3. The van der Waals surface area contributed by atoms with Crippen LogP contribution in [0.4, 0.5) is 10.7 Å². The summed E-state index contributed by atoms with van der Waals surface area (Å²) in [4.78, 5) is 19.7. The monoisotopic (exact) mass is 590 g/mol. The van der Waals surface area contributed by atoms with E-state index in [0.29, 0.717) is 33.8 Å². The molecule has 4 nitrogen and oxygen atoms in total. The van der Waals surface area contributed by atoms with Crippen LogP contribution in [0.5, 0.6) is 5.75 Å². The lowest BCUT2D eigenvalue weighted by Crippen LogP contribution is -2.27. The number of fused-ring (bicyclic) bond motifs is 1. The lowest BCUT2D eigenvalue weighted by atomic mass is 9.72. The van der Waals surface area contributed by atoms with Crippen LogP contribution in [-0.4, -0.2) is 12.1 Å². The minimum atomic E-state index is -0.141. The van der Waals surface area contributed by atoms with Gasteiger partial charge in [0, 0.05) is 32.4 Å². The van der Waals surface area contributed by atoms with Gasteiger partial charge in [-0.25, -0.2) is 4.99 Å². The highest BCUT2D eigenvalue weighted by molar-refractivity contribution is 7.16. The number of nitrogens with zero attached hydrogens (tertiary/aromatic N) is 1. The fourth-order valence-corrected chi connectivity index (χ4v) is 6.54. The largest absolute Gasteiger partial charge is 0.489 e. The van der Waals surface area contributed by atoms with Gasteiger partial charge in [-0.3, -0.25) is 4.79 Å². The normalized spacial score (nSPS) is 15.2. The third-order valence-electron chi connectivity index (χ3n) is 7.34. The van der Waals surface area contributed by atoms with Gasteiger partial charge in [-0.1, -0.05) is 74.3 Å². The van der Waals surface area contributed by atoms with Crippen LogP contribution in [0.2, 0.25) is 10.0 Å². The maximum atomic E-state index is 13.6. The van der Waals surface area contributed by atoms with Crippen LogP contribution in [0.3, 0.4) is 0 Å². The summed E-state index contributed by atoms with van der Waals surface area (Å²) in [6.45, 7) is 7.26. The molecule has 1 N–H and O–H groups in total. The van der Waals surface area contributed by atoms with Crippen LogP contribution >= 0.6 is 34.5 Å². The van der Waals surface area contributed by atoms with Gasteiger partial charge in [0.2, 0.25) is 0 Å². The van der Waals surface area contributed by atoms with Crippen molar-refractivity contribution in [1.29, 1.82) is 0 Å². The SMILES string of the molecule is CC(C)(C)[C@H]1CCc2c(sc(N=Cc3cccc(OCc4ccccc4Cl)c3)c2C(=O)Nc2ccc(Cl)cc2)C1. The summed E-state index contributed by atoms with van der Waals surface area (Å²) in [6.07, 6.45) is 4.70. The zero-order valence-corrected chi connectivity index (χ0v) is 25.2. The van der Waals surface area contributed by atoms with Crippen molar-refractivity contribution in [2.24, 2.45) is 16.3 Å². The Balaban J connectivity index is 1.41. The van der Waals surface area contributed by atoms with Crippen molar-refractivity contribution in [3.63, 3.8) is 0 Å². The summed E-state index contributed by atoms with van der Waals surface area (Å²) in [7, 11) is 0. The molecule has 1 aromatic heterocycles. The van der Waals surface area contributed by atoms with Gasteiger partial charge < -0.3 is 10.1 Å². The molecule has 0 fully saturated rings. The fourth-order valence-electron chi connectivity index (χ4n) is 4.96. The molecule has 1 atom stereocenters. The lowest BCUT2D eigenvalue weighted by molar-refractivity contribution is 0.102. The molecule has 0 radical (unpaired) electrons. The van der Waals surface area contributed by atoms with Crippen molar-refractivity contribution >= 4 is 57.3 Å². The number of thiophene rings is 1. The molecule has 0 saturated heterocycles. The van der Waals surface area contributed by atoms with Crippen LogP contribution in [0.15, 0.2) is 77.8 Å². The highest BCUT2D eigenvalue weighted by atomic mass is 35.5. The van der Waals surface area contributed by atoms with E-state index in [1.807, 2.05) is 60.7 Å². The smallest absolute Gasteiger partial charge is 0.259 e. The molecule has 3 aromatic carbocycles. The third-order valence-corrected chi connectivity index (χ3v) is 9.12. The van der Waals surface area contributed by atoms with E-state index in [4.69, 9.17) is 32.9 Å². The van der Waals surface area contributed by atoms with Gasteiger partial charge in [0.05, 0.1) is 5.56 Å². The number of halogens is 2. The minimum Gasteiger partial charge on any atom is -0.489 e. The number of rotatable bonds is 7. The van der Waals surface area contributed by atoms with Crippen LogP contribution in [0, 0.1) is 11.3 Å². The van der Waals surface area contributed by atoms with Gasteiger partial charge in [0.1, 0.15) is 17.4 Å². The Morgan fingerprint density at radius 1 is 1.07 bits per heavy atom. The second-order valence-electron chi connectivity index (χ2n) is 11.2. The highest BCUT2D eigenvalue weighted by Gasteiger charge is 2.33. The second kappa shape index (κ2) is 12.2. The van der Waals surface area contributed by atoms with Gasteiger partial charge in [-0.15, -0.1) is 11.3 Å². The number of anilines is 1. The standard InChI is InChI=1S/C33H32Cl2N2O2S/c1-33(2,3)23-11-16-27-29(18-23)40-32(30(27)31(38)37-25-14-12-24(34)13-15-25)36-19-21-7-6-9-26(17-21)39-20-22-8-4-5-10-28(22)35/h4-10,12-15,17,19,23H,11,16,18,20H2,1-3H3,(H,37,38)/t23-/m0/s1. The van der Waals surface area contributed by atoms with Crippen LogP contribution in [0.25, 0.3) is 0 Å². The maximum Gasteiger partial charge on any atom is 0.259 e. The van der Waals surface area contributed by atoms with E-state index < -0.39 is 0 Å². The van der Waals surface area contributed by atoms with E-state index in [2.05, 4.69) is 26.1 Å². The van der Waals surface area contributed by atoms with Gasteiger partial charge in [-0.05, 0) is 84.2 Å². The van der Waals surface area contributed by atoms with E-state index >= 15 is 0 Å². The Morgan fingerprint density at radius 3 is 2.60 bits per heavy atom. The molecule has 40 heavy (non-hydrogen) atoms. The topological polar surface area (TPSA) is 50.7 Å². The first kappa shape index (κ1) is 28.4. The van der Waals surface area contributed by atoms with Crippen molar-refractivity contribution < 1.29 is 9.53 Å². The number of hydrogen-bond acceptors (Lipinski definition) is 4. The summed E-state index contributed by atoms with van der Waals surface area (Å²) in [5, 5.41) is 5.09. The van der Waals surface area contributed by atoms with Crippen molar-refractivity contribution in [3.05, 3.63) is 110 Å². The van der Waals surface area contributed by atoms with E-state index in [9.17, 15) is 4.79 Å². The number of benzene rings is 3. The first-order valence-electron chi connectivity index (χ1n) is 13.4. The highest BCUT2D eigenvalue weighted by Crippen LogP contribution is 2.45. The predicted octanol–water partition coefficient (Wildman–Crippen LogP) is 9.79. The first-order chi connectivity index (χ1) is 19.2. The van der Waals surface area contributed by atoms with Gasteiger partial charge in [0.15, 0.2) is 0 Å². The van der Waals surface area contributed by atoms with Crippen molar-refractivity contribution in [2.75, 3.05) is 5.32 Å². The van der Waals surface area contributed by atoms with E-state index in [0.717, 1.165) is 46.7 Å². The average Bonchev–Trinajstić information content (AvgIpc) is 3.30. The molecule has 0 aliphatic heterocycles. The number of nitrogens with one attached hydrogen (secondary N) is 1. The molecular weight excluding hydrogens is 559 g/mol. The first-order valence-corrected chi connectivity index (χ1v) is 15.0. The van der Waals surface area contributed by atoms with E-state index in [-0.39, 0.29) is 11.3 Å². The Morgan fingerprint density at radius 2 is 1.85 bits per heavy atom. The maximum absolute atomic E-state index is 13.6. The molecule has 0 bridgehead atoms. The zero-order valence-electron chi connectivity index (χ0n) is 22.8. The summed E-state index contributed by atoms with van der Waals surface area (Å²) in [5.74, 6) is 1.15. The molecule has 0 unspecified atom stereocenters. The van der Waals surface area contributed by atoms with Gasteiger partial charge in [0.25, 0.3) is 5.91 Å². The molecule has 5 rings (SSSR count). The molecule has 1 aliphatic rings. The third kappa shape index (κ3) is 6.77. The summed E-state index contributed by atoms with van der Waals surface area (Å²) < 4.78 is 6.00. The second-order valence-corrected chi connectivity index (χ2v) is 13.1. The average molecular weight is 592 g/mol. The Labute approximate surface area is 250 Å². The van der Waals surface area contributed by atoms with Crippen molar-refractivity contribution in [1.82, 2.24) is 0 Å². The van der Waals surface area contributed by atoms with Crippen LogP contribution < -0.4 is 10.1 Å². The molecule has 7 heteroatoms. The Hall–Kier alpha value is -3.12. The molecular formula is C33H32Cl2N2O2S. The fraction of sp³-hybridized carbons (Fsp3) is 0.273. The lowest BCUT2D eigenvalue weighted by Gasteiger charge is -2.33. The van der Waals surface area contributed by atoms with Crippen LogP contribution in [0.1, 0.15) is 59.1 Å². The summed E-state index contributed by atoms with van der Waals surface area (Å²) >= 11 is 13.9. The van der Waals surface area contributed by atoms with Gasteiger partial charge in [-0.2, -0.15) is 0 Å². The molecule has 206 valence electrons. The molecule has 1 aliphatic carbocycles.